The van der Waals surface area contributed by atoms with Gasteiger partial charge in [-0.2, -0.15) is 0 Å². The summed E-state index contributed by atoms with van der Waals surface area (Å²) in [6, 6.07) is 0. The van der Waals surface area contributed by atoms with Gasteiger partial charge in [-0.25, -0.2) is 0 Å². The molecule has 0 aliphatic carbocycles. The van der Waals surface area contributed by atoms with E-state index in [-0.39, 0.29) is 23.7 Å². The fourth-order valence-corrected chi connectivity index (χ4v) is 2.50. The molecule has 0 unspecified atom stereocenters. The minimum absolute atomic E-state index is 0.241. The Bertz CT molecular complexity index is 270. The van der Waals surface area contributed by atoms with E-state index < -0.39 is 0 Å². The van der Waals surface area contributed by atoms with Crippen molar-refractivity contribution < 1.29 is 9.59 Å². The molecule has 0 aromatic carbocycles. The average Bonchev–Trinajstić information content (AvgIpc) is 2.87. The zero-order valence-corrected chi connectivity index (χ0v) is 12.0. The van der Waals surface area contributed by atoms with Gasteiger partial charge in [0.05, 0.1) is 0 Å². The summed E-state index contributed by atoms with van der Waals surface area (Å²) in [5.74, 6) is 2.06. The molecule has 2 aliphatic rings. The maximum atomic E-state index is 10.9. The minimum Gasteiger partial charge on any atom is -0.356 e. The molecule has 4 nitrogen and oxygen atoms in total. The van der Waals surface area contributed by atoms with Gasteiger partial charge in [0.25, 0.3) is 0 Å². The lowest BCUT2D eigenvalue weighted by Crippen LogP contribution is -2.22. The molecule has 2 saturated heterocycles. The zero-order valence-electron chi connectivity index (χ0n) is 12.0. The molecular formula is C14H26N2O2. The Morgan fingerprint density at radius 2 is 1.17 bits per heavy atom. The topological polar surface area (TPSA) is 58.2 Å². The molecule has 2 atom stereocenters. The summed E-state index contributed by atoms with van der Waals surface area (Å²) in [5.41, 5.74) is 0. The second-order valence-corrected chi connectivity index (χ2v) is 5.86. The minimum atomic E-state index is 0.241. The van der Waals surface area contributed by atoms with Gasteiger partial charge in [-0.05, 0) is 24.7 Å². The molecule has 2 rings (SSSR count). The first-order valence-electron chi connectivity index (χ1n) is 6.99. The van der Waals surface area contributed by atoms with Crippen LogP contribution in [0.2, 0.25) is 0 Å². The molecule has 0 radical (unpaired) electrons. The average molecular weight is 254 g/mol. The molecule has 0 saturated carbocycles. The van der Waals surface area contributed by atoms with Crippen molar-refractivity contribution in [1.29, 1.82) is 0 Å². The largest absolute Gasteiger partial charge is 0.356 e. The number of carbonyl (C=O) groups excluding carboxylic acids is 2. The van der Waals surface area contributed by atoms with Crippen molar-refractivity contribution in [3.8, 4) is 0 Å². The van der Waals surface area contributed by atoms with E-state index in [9.17, 15) is 9.59 Å². The first-order chi connectivity index (χ1) is 8.43. The smallest absolute Gasteiger partial charge is 0.223 e. The summed E-state index contributed by atoms with van der Waals surface area (Å²) in [5, 5.41) is 5.62. The van der Waals surface area contributed by atoms with Crippen LogP contribution >= 0.6 is 0 Å². The maximum absolute atomic E-state index is 10.9. The highest BCUT2D eigenvalue weighted by Gasteiger charge is 2.26. The van der Waals surface area contributed by atoms with Crippen LogP contribution in [0, 0.1) is 23.7 Å². The summed E-state index contributed by atoms with van der Waals surface area (Å²) in [7, 11) is 0. The Morgan fingerprint density at radius 3 is 1.28 bits per heavy atom. The van der Waals surface area contributed by atoms with Gasteiger partial charge in [0.2, 0.25) is 11.8 Å². The number of nitrogens with one attached hydrogen (secondary N) is 2. The van der Waals surface area contributed by atoms with Crippen LogP contribution in [-0.4, -0.2) is 24.9 Å². The van der Waals surface area contributed by atoms with Crippen molar-refractivity contribution in [1.82, 2.24) is 10.6 Å². The standard InChI is InChI=1S/2C7H13NO/c2*1-5(2)6-3-4-8-7(6)9/h2*5-6H,3-4H2,1-2H3,(H,8,9)/t2*6-/m10/s1. The summed E-state index contributed by atoms with van der Waals surface area (Å²) >= 11 is 0. The highest BCUT2D eigenvalue weighted by molar-refractivity contribution is 5.81. The normalized spacial score (nSPS) is 27.0. The third-order valence-electron chi connectivity index (χ3n) is 3.79. The molecule has 0 aromatic rings. The quantitative estimate of drug-likeness (QED) is 0.785. The van der Waals surface area contributed by atoms with E-state index in [2.05, 4.69) is 38.3 Å². The monoisotopic (exact) mass is 254 g/mol. The number of hydrogen-bond donors (Lipinski definition) is 2. The van der Waals surface area contributed by atoms with E-state index in [1.54, 1.807) is 0 Å². The lowest BCUT2D eigenvalue weighted by Gasteiger charge is -2.08. The van der Waals surface area contributed by atoms with Gasteiger partial charge in [0, 0.05) is 24.9 Å². The predicted molar refractivity (Wildman–Crippen MR) is 71.9 cm³/mol. The number of carbonyl (C=O) groups is 2. The van der Waals surface area contributed by atoms with E-state index in [0.29, 0.717) is 11.8 Å². The zero-order chi connectivity index (χ0) is 13.7. The highest BCUT2D eigenvalue weighted by atomic mass is 16.2. The lowest BCUT2D eigenvalue weighted by atomic mass is 9.95. The molecule has 2 N–H and O–H groups in total. The Balaban J connectivity index is 0.000000180. The predicted octanol–water partition coefficient (Wildman–Crippen LogP) is 1.56. The molecule has 18 heavy (non-hydrogen) atoms. The molecular weight excluding hydrogens is 228 g/mol. The maximum Gasteiger partial charge on any atom is 0.223 e. The summed E-state index contributed by atoms with van der Waals surface area (Å²) in [4.78, 5) is 21.8. The van der Waals surface area contributed by atoms with Gasteiger partial charge in [-0.15, -0.1) is 0 Å². The molecule has 0 aromatic heterocycles. The third-order valence-corrected chi connectivity index (χ3v) is 3.79. The second kappa shape index (κ2) is 6.76. The van der Waals surface area contributed by atoms with Crippen LogP contribution in [0.25, 0.3) is 0 Å². The van der Waals surface area contributed by atoms with Crippen LogP contribution in [-0.2, 0) is 9.59 Å². The van der Waals surface area contributed by atoms with Crippen molar-refractivity contribution in [3.05, 3.63) is 0 Å². The molecule has 0 spiro atoms. The van der Waals surface area contributed by atoms with Crippen molar-refractivity contribution >= 4 is 11.8 Å². The van der Waals surface area contributed by atoms with Crippen LogP contribution in [0.4, 0.5) is 0 Å². The van der Waals surface area contributed by atoms with E-state index in [1.807, 2.05) is 0 Å². The number of amides is 2. The summed E-state index contributed by atoms with van der Waals surface area (Å²) < 4.78 is 0. The van der Waals surface area contributed by atoms with Crippen LogP contribution in [0.1, 0.15) is 40.5 Å². The third kappa shape index (κ3) is 4.00. The van der Waals surface area contributed by atoms with Gasteiger partial charge >= 0.3 is 0 Å². The molecule has 2 amide bonds. The van der Waals surface area contributed by atoms with Crippen molar-refractivity contribution in [3.63, 3.8) is 0 Å². The Labute approximate surface area is 110 Å². The summed E-state index contributed by atoms with van der Waals surface area (Å²) in [6.45, 7) is 10.1. The van der Waals surface area contributed by atoms with Gasteiger partial charge in [0.1, 0.15) is 0 Å². The van der Waals surface area contributed by atoms with Crippen molar-refractivity contribution in [2.24, 2.45) is 23.7 Å². The first-order valence-corrected chi connectivity index (χ1v) is 6.99. The van der Waals surface area contributed by atoms with Crippen LogP contribution in [0.15, 0.2) is 0 Å². The van der Waals surface area contributed by atoms with E-state index in [1.165, 1.54) is 0 Å². The Morgan fingerprint density at radius 1 is 0.833 bits per heavy atom. The van der Waals surface area contributed by atoms with Crippen LogP contribution < -0.4 is 10.6 Å². The fourth-order valence-electron chi connectivity index (χ4n) is 2.50. The molecule has 2 heterocycles. The number of rotatable bonds is 2. The van der Waals surface area contributed by atoms with Gasteiger partial charge < -0.3 is 10.6 Å². The second-order valence-electron chi connectivity index (χ2n) is 5.86. The van der Waals surface area contributed by atoms with Gasteiger partial charge in [-0.3, -0.25) is 9.59 Å². The molecule has 4 heteroatoms. The molecule has 104 valence electrons. The van der Waals surface area contributed by atoms with E-state index in [4.69, 9.17) is 0 Å². The first kappa shape index (κ1) is 15.0. The Kier molecular flexibility index (Phi) is 5.63. The van der Waals surface area contributed by atoms with Crippen molar-refractivity contribution in [2.75, 3.05) is 13.1 Å². The van der Waals surface area contributed by atoms with Gasteiger partial charge in [-0.1, -0.05) is 27.7 Å². The fraction of sp³-hybridized carbons (Fsp3) is 0.857. The highest BCUT2D eigenvalue weighted by Crippen LogP contribution is 2.19. The molecule has 2 fully saturated rings. The number of hydrogen-bond acceptors (Lipinski definition) is 2. The van der Waals surface area contributed by atoms with Gasteiger partial charge in [0.15, 0.2) is 0 Å². The van der Waals surface area contributed by atoms with Crippen molar-refractivity contribution in [2.45, 2.75) is 40.5 Å². The Hall–Kier alpha value is -1.06. The van der Waals surface area contributed by atoms with E-state index in [0.717, 1.165) is 25.9 Å². The lowest BCUT2D eigenvalue weighted by molar-refractivity contribution is -0.124. The SMILES string of the molecule is CC(C)[C@@H]1CCNC1=O.CC(C)[C@H]1CCNC1=O. The molecule has 0 bridgehead atoms. The summed E-state index contributed by atoms with van der Waals surface area (Å²) in [6.07, 6.45) is 2.05. The van der Waals surface area contributed by atoms with Crippen LogP contribution in [0.3, 0.4) is 0 Å². The molecule has 2 aliphatic heterocycles. The van der Waals surface area contributed by atoms with E-state index >= 15 is 0 Å². The van der Waals surface area contributed by atoms with Crippen LogP contribution in [0.5, 0.6) is 0 Å².